The molecule has 0 fully saturated rings. The lowest BCUT2D eigenvalue weighted by Gasteiger charge is -2.27. The number of halogens is 6. The standard InChI is InChI=1S/C36H31F6O11P/c37-35(38,39)51-28-15-11-26(12-16-28)20-46-32-31(50-34(44)33(32)47-21-27-13-17-29(18-14-27)52-36(40,41)42)30(19-43)53-54(45,48-22-24-7-3-1-4-8-24)49-23-25-9-5-2-6-10-25/h1-18,30-31,43H,19-23H2/t30-,31+/m0/s1. The van der Waals surface area contributed by atoms with Crippen LogP contribution in [0, 0.1) is 0 Å². The maximum Gasteiger partial charge on any atom is 0.573 e. The van der Waals surface area contributed by atoms with Crippen LogP contribution in [0.4, 0.5) is 26.3 Å². The molecule has 0 saturated heterocycles. The van der Waals surface area contributed by atoms with E-state index >= 15 is 0 Å². The van der Waals surface area contributed by atoms with E-state index in [0.29, 0.717) is 16.7 Å². The molecule has 1 aliphatic rings. The Bertz CT molecular complexity index is 1840. The molecule has 1 N–H and O–H groups in total. The molecular formula is C36H31F6O11P. The molecule has 4 aromatic rings. The number of carbonyl (C=O) groups excluding carboxylic acids is 1. The third kappa shape index (κ3) is 12.2. The van der Waals surface area contributed by atoms with Gasteiger partial charge in [0.25, 0.3) is 0 Å². The molecule has 4 aromatic carbocycles. The zero-order chi connectivity index (χ0) is 38.8. The smallest absolute Gasteiger partial charge is 0.485 e. The molecule has 2 atom stereocenters. The molecule has 0 aliphatic carbocycles. The normalized spacial score (nSPS) is 15.5. The Labute approximate surface area is 304 Å². The summed E-state index contributed by atoms with van der Waals surface area (Å²) in [5.41, 5.74) is 1.78. The van der Waals surface area contributed by atoms with Gasteiger partial charge in [-0.15, -0.1) is 26.3 Å². The lowest BCUT2D eigenvalue weighted by atomic mass is 10.1. The summed E-state index contributed by atoms with van der Waals surface area (Å²) < 4.78 is 132. The van der Waals surface area contributed by atoms with E-state index in [0.717, 1.165) is 24.3 Å². The van der Waals surface area contributed by atoms with Gasteiger partial charge in [-0.05, 0) is 46.5 Å². The number of ether oxygens (including phenoxy) is 5. The highest BCUT2D eigenvalue weighted by Gasteiger charge is 2.46. The molecule has 0 aromatic heterocycles. The van der Waals surface area contributed by atoms with Gasteiger partial charge in [0.05, 0.1) is 19.8 Å². The summed E-state index contributed by atoms with van der Waals surface area (Å²) in [6, 6.07) is 26.3. The number of hydrogen-bond acceptors (Lipinski definition) is 11. The number of benzene rings is 4. The molecule has 1 aliphatic heterocycles. The largest absolute Gasteiger partial charge is 0.573 e. The predicted octanol–water partition coefficient (Wildman–Crippen LogP) is 8.27. The Morgan fingerprint density at radius 3 is 1.48 bits per heavy atom. The van der Waals surface area contributed by atoms with E-state index in [9.17, 15) is 40.8 Å². The van der Waals surface area contributed by atoms with Crippen LogP contribution in [0.25, 0.3) is 0 Å². The Morgan fingerprint density at radius 2 is 1.06 bits per heavy atom. The summed E-state index contributed by atoms with van der Waals surface area (Å²) in [5, 5.41) is 10.5. The number of rotatable bonds is 18. The summed E-state index contributed by atoms with van der Waals surface area (Å²) in [5.74, 6) is -3.04. The van der Waals surface area contributed by atoms with E-state index in [4.69, 9.17) is 27.8 Å². The maximum absolute atomic E-state index is 14.1. The van der Waals surface area contributed by atoms with Crippen LogP contribution in [-0.4, -0.2) is 42.6 Å². The summed E-state index contributed by atoms with van der Waals surface area (Å²) in [6.07, 6.45) is -13.1. The molecular weight excluding hydrogens is 753 g/mol. The molecule has 0 bridgehead atoms. The Hall–Kier alpha value is -5.06. The zero-order valence-electron chi connectivity index (χ0n) is 27.8. The molecule has 0 radical (unpaired) electrons. The van der Waals surface area contributed by atoms with E-state index in [1.54, 1.807) is 60.7 Å². The van der Waals surface area contributed by atoms with Gasteiger partial charge in [-0.1, -0.05) is 84.9 Å². The molecule has 54 heavy (non-hydrogen) atoms. The van der Waals surface area contributed by atoms with Crippen LogP contribution in [0.1, 0.15) is 22.3 Å². The van der Waals surface area contributed by atoms with Crippen LogP contribution in [0.5, 0.6) is 11.5 Å². The van der Waals surface area contributed by atoms with Crippen molar-refractivity contribution in [2.45, 2.75) is 51.4 Å². The summed E-state index contributed by atoms with van der Waals surface area (Å²) >= 11 is 0. The lowest BCUT2D eigenvalue weighted by molar-refractivity contribution is -0.275. The number of cyclic esters (lactones) is 1. The van der Waals surface area contributed by atoms with E-state index < -0.39 is 75.8 Å². The van der Waals surface area contributed by atoms with Crippen molar-refractivity contribution in [3.63, 3.8) is 0 Å². The second-order valence-electron chi connectivity index (χ2n) is 11.3. The number of alkyl halides is 6. The predicted molar refractivity (Wildman–Crippen MR) is 175 cm³/mol. The van der Waals surface area contributed by atoms with Crippen molar-refractivity contribution in [3.8, 4) is 11.5 Å². The van der Waals surface area contributed by atoms with Crippen molar-refractivity contribution >= 4 is 13.8 Å². The van der Waals surface area contributed by atoms with Gasteiger partial charge < -0.3 is 28.8 Å². The highest BCUT2D eigenvalue weighted by Crippen LogP contribution is 2.53. The first-order valence-corrected chi connectivity index (χ1v) is 17.3. The van der Waals surface area contributed by atoms with Crippen LogP contribution >= 0.6 is 7.82 Å². The van der Waals surface area contributed by atoms with Crippen molar-refractivity contribution in [2.24, 2.45) is 0 Å². The van der Waals surface area contributed by atoms with Crippen molar-refractivity contribution in [3.05, 3.63) is 143 Å². The fraction of sp³-hybridized carbons (Fsp3) is 0.250. The van der Waals surface area contributed by atoms with Gasteiger partial charge in [-0.25, -0.2) is 9.36 Å². The fourth-order valence-corrected chi connectivity index (χ4v) is 6.09. The third-order valence-electron chi connectivity index (χ3n) is 7.24. The zero-order valence-corrected chi connectivity index (χ0v) is 28.7. The molecule has 18 heteroatoms. The van der Waals surface area contributed by atoms with E-state index in [-0.39, 0.29) is 24.5 Å². The first-order valence-electron chi connectivity index (χ1n) is 15.8. The van der Waals surface area contributed by atoms with Crippen LogP contribution < -0.4 is 9.47 Å². The molecule has 5 rings (SSSR count). The molecule has 11 nitrogen and oxygen atoms in total. The topological polar surface area (TPSA) is 128 Å². The number of aliphatic hydroxyl groups is 1. The first kappa shape index (κ1) is 40.1. The number of hydrogen-bond donors (Lipinski definition) is 1. The average molecular weight is 785 g/mol. The van der Waals surface area contributed by atoms with Crippen molar-refractivity contribution in [1.82, 2.24) is 0 Å². The fourth-order valence-electron chi connectivity index (χ4n) is 4.77. The van der Waals surface area contributed by atoms with E-state index in [1.807, 2.05) is 0 Å². The summed E-state index contributed by atoms with van der Waals surface area (Å²) in [7, 11) is -4.59. The molecule has 0 saturated carbocycles. The monoisotopic (exact) mass is 784 g/mol. The number of phosphoric acid groups is 1. The Balaban J connectivity index is 1.39. The van der Waals surface area contributed by atoms with Crippen LogP contribution in [-0.2, 0) is 63.6 Å². The van der Waals surface area contributed by atoms with Crippen molar-refractivity contribution in [1.29, 1.82) is 0 Å². The van der Waals surface area contributed by atoms with Crippen molar-refractivity contribution < 1.29 is 78.1 Å². The molecule has 0 unspecified atom stereocenters. The highest BCUT2D eigenvalue weighted by atomic mass is 31.2. The van der Waals surface area contributed by atoms with Gasteiger partial charge in [0, 0.05) is 0 Å². The number of esters is 1. The molecule has 288 valence electrons. The van der Waals surface area contributed by atoms with Gasteiger partial charge in [-0.3, -0.25) is 13.6 Å². The summed E-state index contributed by atoms with van der Waals surface area (Å²) in [6.45, 7) is -2.22. The van der Waals surface area contributed by atoms with E-state index in [2.05, 4.69) is 9.47 Å². The quantitative estimate of drug-likeness (QED) is 0.0595. The number of phosphoric ester groups is 1. The Kier molecular flexibility index (Phi) is 13.3. The number of aliphatic hydroxyl groups excluding tert-OH is 1. The van der Waals surface area contributed by atoms with Crippen LogP contribution in [0.15, 0.2) is 121 Å². The van der Waals surface area contributed by atoms with Gasteiger partial charge >= 0.3 is 26.5 Å². The molecule has 0 spiro atoms. The summed E-state index contributed by atoms with van der Waals surface area (Å²) in [4.78, 5) is 13.2. The lowest BCUT2D eigenvalue weighted by Crippen LogP contribution is -2.35. The van der Waals surface area contributed by atoms with Gasteiger partial charge in [0.2, 0.25) is 5.76 Å². The minimum Gasteiger partial charge on any atom is -0.485 e. The van der Waals surface area contributed by atoms with Crippen LogP contribution in [0.2, 0.25) is 0 Å². The average Bonchev–Trinajstić information content (AvgIpc) is 3.45. The van der Waals surface area contributed by atoms with E-state index in [1.165, 1.54) is 24.3 Å². The number of carbonyl (C=O) groups is 1. The molecule has 0 amide bonds. The second kappa shape index (κ2) is 17.8. The van der Waals surface area contributed by atoms with Gasteiger partial charge in [0.15, 0.2) is 11.9 Å². The minimum absolute atomic E-state index is 0.246. The van der Waals surface area contributed by atoms with Crippen LogP contribution in [0.3, 0.4) is 0 Å². The molecule has 1 heterocycles. The SMILES string of the molecule is O=C1O[C@H]([C@H](CO)OP(=O)(OCc2ccccc2)OCc2ccccc2)C(OCc2ccc(OC(F)(F)F)cc2)=C1OCc1ccc(OC(F)(F)F)cc1. The van der Waals surface area contributed by atoms with Gasteiger partial charge in [-0.2, -0.15) is 0 Å². The second-order valence-corrected chi connectivity index (χ2v) is 12.9. The highest BCUT2D eigenvalue weighted by molar-refractivity contribution is 7.48. The third-order valence-corrected chi connectivity index (χ3v) is 8.66. The minimum atomic E-state index is -4.93. The Morgan fingerprint density at radius 1 is 0.630 bits per heavy atom. The maximum atomic E-state index is 14.1. The van der Waals surface area contributed by atoms with Crippen molar-refractivity contribution in [2.75, 3.05) is 6.61 Å². The van der Waals surface area contributed by atoms with Gasteiger partial charge in [0.1, 0.15) is 30.8 Å². The first-order chi connectivity index (χ1) is 25.7.